The fourth-order valence-corrected chi connectivity index (χ4v) is 3.69. The van der Waals surface area contributed by atoms with Crippen LogP contribution < -0.4 is 0 Å². The van der Waals surface area contributed by atoms with Gasteiger partial charge in [-0.25, -0.2) is 4.39 Å². The van der Waals surface area contributed by atoms with Crippen LogP contribution >= 0.6 is 0 Å². The summed E-state index contributed by atoms with van der Waals surface area (Å²) in [7, 11) is 0. The molecule has 1 aromatic rings. The molecule has 0 aromatic heterocycles. The molecule has 118 valence electrons. The summed E-state index contributed by atoms with van der Waals surface area (Å²) >= 11 is 0. The van der Waals surface area contributed by atoms with Gasteiger partial charge in [-0.1, -0.05) is 6.42 Å². The van der Waals surface area contributed by atoms with E-state index in [1.807, 2.05) is 0 Å². The molecule has 1 saturated carbocycles. The molecule has 22 heavy (non-hydrogen) atoms. The second kappa shape index (κ2) is 6.74. The zero-order valence-electron chi connectivity index (χ0n) is 12.5. The molecular weight excluding hydrogens is 283 g/mol. The first-order chi connectivity index (χ1) is 10.7. The number of aliphatic hydroxyl groups is 1. The van der Waals surface area contributed by atoms with E-state index in [2.05, 4.69) is 11.0 Å². The third-order valence-electron chi connectivity index (χ3n) is 4.87. The number of ether oxygens (including phenoxy) is 1. The zero-order valence-corrected chi connectivity index (χ0v) is 12.5. The smallest absolute Gasteiger partial charge is 0.123 e. The Morgan fingerprint density at radius 3 is 3.00 bits per heavy atom. The Kier molecular flexibility index (Phi) is 4.72. The second-order valence-corrected chi connectivity index (χ2v) is 6.19. The summed E-state index contributed by atoms with van der Waals surface area (Å²) in [5.41, 5.74) is 1.22. The van der Waals surface area contributed by atoms with Gasteiger partial charge in [0, 0.05) is 25.0 Å². The summed E-state index contributed by atoms with van der Waals surface area (Å²) in [5.74, 6) is -0.112. The summed E-state index contributed by atoms with van der Waals surface area (Å²) < 4.78 is 19.1. The van der Waals surface area contributed by atoms with Crippen LogP contribution in [0.2, 0.25) is 0 Å². The Balaban J connectivity index is 1.80. The van der Waals surface area contributed by atoms with Gasteiger partial charge in [0.1, 0.15) is 5.82 Å². The maximum absolute atomic E-state index is 13.5. The SMILES string of the molecule is N#Cc1ccc(F)cc1CN1CCOC[C@@H]1[C@@H]1CCC[C@H]1O. The first-order valence-electron chi connectivity index (χ1n) is 7.87. The molecule has 2 aliphatic rings. The van der Waals surface area contributed by atoms with Crippen LogP contribution in [0.3, 0.4) is 0 Å². The van der Waals surface area contributed by atoms with Gasteiger partial charge < -0.3 is 9.84 Å². The number of hydrogen-bond donors (Lipinski definition) is 1. The van der Waals surface area contributed by atoms with Gasteiger partial charge >= 0.3 is 0 Å². The van der Waals surface area contributed by atoms with Crippen molar-refractivity contribution in [3.05, 3.63) is 35.1 Å². The molecule has 2 fully saturated rings. The van der Waals surface area contributed by atoms with Gasteiger partial charge in [-0.15, -0.1) is 0 Å². The van der Waals surface area contributed by atoms with Crippen molar-refractivity contribution in [1.82, 2.24) is 4.90 Å². The predicted molar refractivity (Wildman–Crippen MR) is 79.5 cm³/mol. The number of rotatable bonds is 3. The number of benzene rings is 1. The molecule has 3 atom stereocenters. The Bertz CT molecular complexity index is 572. The summed E-state index contributed by atoms with van der Waals surface area (Å²) in [4.78, 5) is 2.23. The molecule has 4 nitrogen and oxygen atoms in total. The average molecular weight is 304 g/mol. The van der Waals surface area contributed by atoms with Crippen LogP contribution in [-0.2, 0) is 11.3 Å². The van der Waals surface area contributed by atoms with Gasteiger partial charge in [0.25, 0.3) is 0 Å². The van der Waals surface area contributed by atoms with Crippen LogP contribution in [0.4, 0.5) is 4.39 Å². The molecule has 3 rings (SSSR count). The molecule has 0 radical (unpaired) electrons. The third-order valence-corrected chi connectivity index (χ3v) is 4.87. The molecule has 5 heteroatoms. The molecule has 0 unspecified atom stereocenters. The molecule has 1 aliphatic heterocycles. The minimum Gasteiger partial charge on any atom is -0.393 e. The lowest BCUT2D eigenvalue weighted by atomic mass is 9.93. The van der Waals surface area contributed by atoms with Crippen molar-refractivity contribution >= 4 is 0 Å². The largest absolute Gasteiger partial charge is 0.393 e. The molecule has 1 N–H and O–H groups in total. The average Bonchev–Trinajstić information content (AvgIpc) is 2.94. The zero-order chi connectivity index (χ0) is 15.5. The topological polar surface area (TPSA) is 56.5 Å². The van der Waals surface area contributed by atoms with Crippen molar-refractivity contribution in [1.29, 1.82) is 5.26 Å². The lowest BCUT2D eigenvalue weighted by molar-refractivity contribution is -0.0537. The van der Waals surface area contributed by atoms with Crippen molar-refractivity contribution in [2.45, 2.75) is 38.0 Å². The van der Waals surface area contributed by atoms with Crippen LogP contribution in [-0.4, -0.2) is 41.9 Å². The van der Waals surface area contributed by atoms with Crippen molar-refractivity contribution < 1.29 is 14.2 Å². The van der Waals surface area contributed by atoms with Crippen molar-refractivity contribution in [3.63, 3.8) is 0 Å². The van der Waals surface area contributed by atoms with Crippen LogP contribution in [0, 0.1) is 23.1 Å². The highest BCUT2D eigenvalue weighted by Crippen LogP contribution is 2.33. The monoisotopic (exact) mass is 304 g/mol. The quantitative estimate of drug-likeness (QED) is 0.928. The number of nitrogens with zero attached hydrogens (tertiary/aromatic N) is 2. The van der Waals surface area contributed by atoms with E-state index < -0.39 is 0 Å². The minimum absolute atomic E-state index is 0.140. The van der Waals surface area contributed by atoms with Gasteiger partial charge in [-0.3, -0.25) is 4.90 Å². The van der Waals surface area contributed by atoms with Gasteiger partial charge in [0.2, 0.25) is 0 Å². The summed E-state index contributed by atoms with van der Waals surface area (Å²) in [5, 5.41) is 19.4. The number of aliphatic hydroxyl groups excluding tert-OH is 1. The van der Waals surface area contributed by atoms with E-state index in [1.54, 1.807) is 0 Å². The Morgan fingerprint density at radius 1 is 1.41 bits per heavy atom. The van der Waals surface area contributed by atoms with Gasteiger partial charge in [0.15, 0.2) is 0 Å². The molecule has 1 heterocycles. The van der Waals surface area contributed by atoms with Crippen molar-refractivity contribution in [3.8, 4) is 6.07 Å². The van der Waals surface area contributed by atoms with E-state index in [-0.39, 0.29) is 23.9 Å². The molecule has 0 bridgehead atoms. The summed E-state index contributed by atoms with van der Waals surface area (Å²) in [6.07, 6.45) is 2.61. The van der Waals surface area contributed by atoms with Gasteiger partial charge in [-0.2, -0.15) is 5.26 Å². The van der Waals surface area contributed by atoms with Crippen LogP contribution in [0.15, 0.2) is 18.2 Å². The predicted octanol–water partition coefficient (Wildman–Crippen LogP) is 2.06. The molecule has 1 aromatic carbocycles. The molecule has 1 aliphatic carbocycles. The fraction of sp³-hybridized carbons (Fsp3) is 0.588. The highest BCUT2D eigenvalue weighted by atomic mass is 19.1. The van der Waals surface area contributed by atoms with Crippen LogP contribution in [0.1, 0.15) is 30.4 Å². The highest BCUT2D eigenvalue weighted by Gasteiger charge is 2.37. The first-order valence-corrected chi connectivity index (χ1v) is 7.87. The minimum atomic E-state index is -0.320. The molecule has 0 spiro atoms. The maximum Gasteiger partial charge on any atom is 0.123 e. The van der Waals surface area contributed by atoms with E-state index >= 15 is 0 Å². The second-order valence-electron chi connectivity index (χ2n) is 6.19. The lowest BCUT2D eigenvalue weighted by Gasteiger charge is -2.40. The van der Waals surface area contributed by atoms with E-state index in [0.29, 0.717) is 30.9 Å². The van der Waals surface area contributed by atoms with E-state index in [9.17, 15) is 14.8 Å². The Labute approximate surface area is 130 Å². The number of hydrogen-bond acceptors (Lipinski definition) is 4. The first kappa shape index (κ1) is 15.4. The summed E-state index contributed by atoms with van der Waals surface area (Å²) in [6.45, 7) is 2.50. The van der Waals surface area contributed by atoms with Crippen LogP contribution in [0.5, 0.6) is 0 Å². The van der Waals surface area contributed by atoms with E-state index in [0.717, 1.165) is 25.8 Å². The van der Waals surface area contributed by atoms with E-state index in [1.165, 1.54) is 18.2 Å². The molecular formula is C17H21FN2O2. The van der Waals surface area contributed by atoms with E-state index in [4.69, 9.17) is 4.74 Å². The number of morpholine rings is 1. The number of nitriles is 1. The van der Waals surface area contributed by atoms with Crippen LogP contribution in [0.25, 0.3) is 0 Å². The van der Waals surface area contributed by atoms with Crippen molar-refractivity contribution in [2.75, 3.05) is 19.8 Å². The molecule has 1 saturated heterocycles. The highest BCUT2D eigenvalue weighted by molar-refractivity contribution is 5.37. The standard InChI is InChI=1S/C17H21FN2O2/c18-14-5-4-12(9-19)13(8-14)10-20-6-7-22-11-16(20)15-2-1-3-17(15)21/h4-5,8,15-17,21H,1-3,6-7,10-11H2/t15-,16+,17+/m0/s1. The third kappa shape index (κ3) is 3.14. The maximum atomic E-state index is 13.5. The van der Waals surface area contributed by atoms with Gasteiger partial charge in [0.05, 0.1) is 31.0 Å². The Hall–Kier alpha value is -1.48. The van der Waals surface area contributed by atoms with Crippen molar-refractivity contribution in [2.24, 2.45) is 5.92 Å². The molecule has 0 amide bonds. The lowest BCUT2D eigenvalue weighted by Crippen LogP contribution is -2.50. The van der Waals surface area contributed by atoms with Gasteiger partial charge in [-0.05, 0) is 36.6 Å². The normalized spacial score (nSPS) is 29.4. The Morgan fingerprint density at radius 2 is 2.27 bits per heavy atom. The summed E-state index contributed by atoms with van der Waals surface area (Å²) in [6, 6.07) is 6.56. The number of halogens is 1. The fourth-order valence-electron chi connectivity index (χ4n) is 3.69.